The third kappa shape index (κ3) is 3.67. The lowest BCUT2D eigenvalue weighted by Gasteiger charge is -1.99. The van der Waals surface area contributed by atoms with Gasteiger partial charge >= 0.3 is 5.97 Å². The first-order valence-electron chi connectivity index (χ1n) is 8.82. The van der Waals surface area contributed by atoms with Crippen molar-refractivity contribution in [3.63, 3.8) is 0 Å². The molecule has 0 bridgehead atoms. The Kier molecular flexibility index (Phi) is 4.68. The molecule has 1 N–H and O–H groups in total. The van der Waals surface area contributed by atoms with Gasteiger partial charge in [0.25, 0.3) is 0 Å². The summed E-state index contributed by atoms with van der Waals surface area (Å²) in [5.74, 6) is 0.690. The second kappa shape index (κ2) is 7.45. The first kappa shape index (κ1) is 17.6. The number of fused-ring (bicyclic) bond motifs is 1. The van der Waals surface area contributed by atoms with Crippen LogP contribution in [0.15, 0.2) is 77.2 Å². The molecule has 1 aromatic heterocycles. The van der Waals surface area contributed by atoms with E-state index in [-0.39, 0.29) is 5.56 Å². The van der Waals surface area contributed by atoms with Crippen molar-refractivity contribution in [2.75, 3.05) is 7.11 Å². The van der Waals surface area contributed by atoms with Gasteiger partial charge in [-0.05, 0) is 47.5 Å². The summed E-state index contributed by atoms with van der Waals surface area (Å²) in [7, 11) is 1.65. The summed E-state index contributed by atoms with van der Waals surface area (Å²) in [6.07, 6.45) is 3.94. The lowest BCUT2D eigenvalue weighted by Crippen LogP contribution is -1.94. The molecule has 0 unspecified atom stereocenters. The van der Waals surface area contributed by atoms with E-state index >= 15 is 0 Å². The van der Waals surface area contributed by atoms with E-state index in [2.05, 4.69) is 0 Å². The summed E-state index contributed by atoms with van der Waals surface area (Å²) in [4.78, 5) is 10.9. The Morgan fingerprint density at radius 1 is 0.893 bits per heavy atom. The lowest BCUT2D eigenvalue weighted by molar-refractivity contribution is 0.0697. The van der Waals surface area contributed by atoms with Crippen molar-refractivity contribution in [2.24, 2.45) is 0 Å². The number of hydrogen-bond donors (Lipinski definition) is 1. The van der Waals surface area contributed by atoms with Gasteiger partial charge in [-0.2, -0.15) is 0 Å². The van der Waals surface area contributed by atoms with Crippen molar-refractivity contribution < 1.29 is 19.1 Å². The molecule has 0 aliphatic heterocycles. The highest BCUT2D eigenvalue weighted by molar-refractivity contribution is 5.88. The molecule has 0 atom stereocenters. The van der Waals surface area contributed by atoms with Crippen molar-refractivity contribution in [3.05, 3.63) is 89.5 Å². The molecule has 0 aliphatic carbocycles. The van der Waals surface area contributed by atoms with Crippen molar-refractivity contribution >= 4 is 29.1 Å². The Morgan fingerprint density at radius 3 is 2.14 bits per heavy atom. The van der Waals surface area contributed by atoms with E-state index in [0.29, 0.717) is 0 Å². The fourth-order valence-electron chi connectivity index (χ4n) is 2.98. The molecule has 0 amide bonds. The van der Waals surface area contributed by atoms with E-state index in [0.717, 1.165) is 39.2 Å². The number of hydrogen-bond acceptors (Lipinski definition) is 3. The Morgan fingerprint density at radius 2 is 1.54 bits per heavy atom. The number of rotatable bonds is 5. The van der Waals surface area contributed by atoms with Crippen molar-refractivity contribution in [1.82, 2.24) is 0 Å². The molecule has 0 spiro atoms. The van der Waals surface area contributed by atoms with Crippen LogP contribution in [-0.2, 0) is 0 Å². The molecular weight excluding hydrogens is 352 g/mol. The number of aromatic carboxylic acids is 1. The molecular formula is C24H18O4. The van der Waals surface area contributed by atoms with E-state index in [1.54, 1.807) is 31.4 Å². The smallest absolute Gasteiger partial charge is 0.335 e. The van der Waals surface area contributed by atoms with Crippen LogP contribution < -0.4 is 4.74 Å². The van der Waals surface area contributed by atoms with Crippen LogP contribution in [0, 0.1) is 0 Å². The largest absolute Gasteiger partial charge is 0.497 e. The molecule has 4 heteroatoms. The molecule has 0 saturated heterocycles. The standard InChI is InChI=1S/C24H18O4/c1-27-21-12-13-22-20(14-21)15-23(28-22)18-8-4-16(5-9-18)2-3-17-6-10-19(11-7-17)24(25)26/h2-15H,1H3,(H,25,26). The normalized spacial score (nSPS) is 11.2. The van der Waals surface area contributed by atoms with Crippen molar-refractivity contribution in [3.8, 4) is 17.1 Å². The number of furan rings is 1. The molecule has 138 valence electrons. The van der Waals surface area contributed by atoms with Crippen LogP contribution in [0.25, 0.3) is 34.4 Å². The van der Waals surface area contributed by atoms with E-state index < -0.39 is 5.97 Å². The maximum absolute atomic E-state index is 10.9. The number of carboxylic acid groups (broad SMARTS) is 1. The van der Waals surface area contributed by atoms with Gasteiger partial charge in [0, 0.05) is 10.9 Å². The van der Waals surface area contributed by atoms with Gasteiger partial charge < -0.3 is 14.3 Å². The van der Waals surface area contributed by atoms with E-state index in [1.807, 2.05) is 60.7 Å². The summed E-state index contributed by atoms with van der Waals surface area (Å²) in [6.45, 7) is 0. The number of carboxylic acids is 1. The third-order valence-electron chi connectivity index (χ3n) is 4.54. The number of methoxy groups -OCH3 is 1. The molecule has 4 nitrogen and oxygen atoms in total. The topological polar surface area (TPSA) is 59.7 Å². The van der Waals surface area contributed by atoms with Gasteiger partial charge in [0.15, 0.2) is 0 Å². The second-order valence-electron chi connectivity index (χ2n) is 6.40. The zero-order valence-corrected chi connectivity index (χ0v) is 15.3. The SMILES string of the molecule is COc1ccc2oc(-c3ccc(C=Cc4ccc(C(=O)O)cc4)cc3)cc2c1. The van der Waals surface area contributed by atoms with Crippen molar-refractivity contribution in [2.45, 2.75) is 0 Å². The maximum atomic E-state index is 10.9. The molecule has 0 aliphatic rings. The molecule has 3 aromatic carbocycles. The second-order valence-corrected chi connectivity index (χ2v) is 6.40. The molecule has 1 heterocycles. The van der Waals surface area contributed by atoms with Crippen LogP contribution in [0.3, 0.4) is 0 Å². The summed E-state index contributed by atoms with van der Waals surface area (Å²) in [5, 5.41) is 9.95. The third-order valence-corrected chi connectivity index (χ3v) is 4.54. The van der Waals surface area contributed by atoms with Crippen LogP contribution in [0.4, 0.5) is 0 Å². The maximum Gasteiger partial charge on any atom is 0.335 e. The summed E-state index contributed by atoms with van der Waals surface area (Å²) < 4.78 is 11.2. The van der Waals surface area contributed by atoms with E-state index in [1.165, 1.54) is 0 Å². The Hall–Kier alpha value is -3.79. The summed E-state index contributed by atoms with van der Waals surface area (Å²) in [5.41, 5.74) is 4.09. The van der Waals surface area contributed by atoms with Crippen LogP contribution in [0.1, 0.15) is 21.5 Å². The highest BCUT2D eigenvalue weighted by Crippen LogP contribution is 2.30. The molecule has 4 aromatic rings. The predicted octanol–water partition coefficient (Wildman–Crippen LogP) is 5.98. The van der Waals surface area contributed by atoms with Gasteiger partial charge in [-0.3, -0.25) is 0 Å². The zero-order valence-electron chi connectivity index (χ0n) is 15.3. The zero-order chi connectivity index (χ0) is 19.5. The van der Waals surface area contributed by atoms with Gasteiger partial charge in [-0.25, -0.2) is 4.79 Å². The molecule has 0 saturated carbocycles. The minimum Gasteiger partial charge on any atom is -0.497 e. The van der Waals surface area contributed by atoms with Gasteiger partial charge in [-0.1, -0.05) is 48.6 Å². The minimum absolute atomic E-state index is 0.282. The van der Waals surface area contributed by atoms with Gasteiger partial charge in [0.05, 0.1) is 12.7 Å². The van der Waals surface area contributed by atoms with E-state index in [9.17, 15) is 4.79 Å². The quantitative estimate of drug-likeness (QED) is 0.439. The first-order valence-corrected chi connectivity index (χ1v) is 8.82. The summed E-state index contributed by atoms with van der Waals surface area (Å²) >= 11 is 0. The first-order chi connectivity index (χ1) is 13.6. The van der Waals surface area contributed by atoms with Gasteiger partial charge in [-0.15, -0.1) is 0 Å². The average Bonchev–Trinajstić information content (AvgIpc) is 3.16. The molecule has 4 rings (SSSR count). The minimum atomic E-state index is -0.921. The van der Waals surface area contributed by atoms with Crippen LogP contribution in [0.5, 0.6) is 5.75 Å². The van der Waals surface area contributed by atoms with Crippen molar-refractivity contribution in [1.29, 1.82) is 0 Å². The highest BCUT2D eigenvalue weighted by atomic mass is 16.5. The van der Waals surface area contributed by atoms with E-state index in [4.69, 9.17) is 14.3 Å². The number of benzene rings is 3. The Bertz CT molecular complexity index is 1150. The van der Waals surface area contributed by atoms with Gasteiger partial charge in [0.2, 0.25) is 0 Å². The highest BCUT2D eigenvalue weighted by Gasteiger charge is 2.07. The summed E-state index contributed by atoms with van der Waals surface area (Å²) in [6, 6.07) is 22.6. The molecule has 0 fully saturated rings. The Balaban J connectivity index is 1.52. The van der Waals surface area contributed by atoms with Gasteiger partial charge in [0.1, 0.15) is 17.1 Å². The molecule has 28 heavy (non-hydrogen) atoms. The fraction of sp³-hybridized carbons (Fsp3) is 0.0417. The predicted molar refractivity (Wildman–Crippen MR) is 111 cm³/mol. The average molecular weight is 370 g/mol. The van der Waals surface area contributed by atoms with Crippen LogP contribution in [-0.4, -0.2) is 18.2 Å². The number of carbonyl (C=O) groups is 1. The molecule has 0 radical (unpaired) electrons. The lowest BCUT2D eigenvalue weighted by atomic mass is 10.1. The monoisotopic (exact) mass is 370 g/mol. The number of ether oxygens (including phenoxy) is 1. The Labute approximate surface area is 162 Å². The fourth-order valence-corrected chi connectivity index (χ4v) is 2.98. The van der Waals surface area contributed by atoms with Crippen LogP contribution in [0.2, 0.25) is 0 Å². The van der Waals surface area contributed by atoms with Crippen LogP contribution >= 0.6 is 0 Å².